The van der Waals surface area contributed by atoms with E-state index in [2.05, 4.69) is 10.1 Å². The van der Waals surface area contributed by atoms with Crippen molar-refractivity contribution in [1.29, 1.82) is 0 Å². The van der Waals surface area contributed by atoms with Crippen molar-refractivity contribution >= 4 is 5.97 Å². The molecular formula is C11H23NO3. The van der Waals surface area contributed by atoms with Gasteiger partial charge in [0.1, 0.15) is 0 Å². The number of ether oxygens (including phenoxy) is 1. The monoisotopic (exact) mass is 217 g/mol. The van der Waals surface area contributed by atoms with E-state index in [-0.39, 0.29) is 30.6 Å². The number of aliphatic hydroxyl groups excluding tert-OH is 1. The summed E-state index contributed by atoms with van der Waals surface area (Å²) in [6.07, 6.45) is 1.49. The van der Waals surface area contributed by atoms with Gasteiger partial charge in [-0.2, -0.15) is 0 Å². The van der Waals surface area contributed by atoms with E-state index in [4.69, 9.17) is 5.11 Å². The first-order valence-electron chi connectivity index (χ1n) is 5.46. The molecule has 2 N–H and O–H groups in total. The fourth-order valence-corrected chi connectivity index (χ4v) is 1.66. The first-order chi connectivity index (χ1) is 7.01. The first kappa shape index (κ1) is 14.4. The molecule has 4 nitrogen and oxygen atoms in total. The number of aliphatic hydroxyl groups is 1. The number of hydrogen-bond donors (Lipinski definition) is 2. The van der Waals surface area contributed by atoms with Crippen LogP contribution in [0.1, 0.15) is 33.6 Å². The lowest BCUT2D eigenvalue weighted by Crippen LogP contribution is -2.37. The SMILES string of the molecule is COC(=O)C(C)CC(C)NC(C)CCO. The van der Waals surface area contributed by atoms with E-state index in [1.54, 1.807) is 0 Å². The summed E-state index contributed by atoms with van der Waals surface area (Å²) in [5.41, 5.74) is 0. The van der Waals surface area contributed by atoms with Crippen LogP contribution >= 0.6 is 0 Å². The summed E-state index contributed by atoms with van der Waals surface area (Å²) in [6.45, 7) is 6.11. The van der Waals surface area contributed by atoms with Crippen molar-refractivity contribution in [2.24, 2.45) is 5.92 Å². The predicted octanol–water partition coefficient (Wildman–Crippen LogP) is 0.935. The van der Waals surface area contributed by atoms with Crippen molar-refractivity contribution in [3.8, 4) is 0 Å². The second-order valence-corrected chi connectivity index (χ2v) is 4.14. The van der Waals surface area contributed by atoms with Crippen LogP contribution in [-0.4, -0.2) is 36.9 Å². The van der Waals surface area contributed by atoms with Gasteiger partial charge in [0.05, 0.1) is 13.0 Å². The molecule has 0 bridgehead atoms. The largest absolute Gasteiger partial charge is 0.469 e. The van der Waals surface area contributed by atoms with Gasteiger partial charge < -0.3 is 15.2 Å². The molecule has 0 aromatic rings. The summed E-state index contributed by atoms with van der Waals surface area (Å²) in [5, 5.41) is 12.1. The molecule has 0 amide bonds. The molecule has 15 heavy (non-hydrogen) atoms. The number of nitrogens with one attached hydrogen (secondary N) is 1. The summed E-state index contributed by atoms with van der Waals surface area (Å²) < 4.78 is 4.66. The molecule has 0 aromatic heterocycles. The molecule has 0 spiro atoms. The predicted molar refractivity (Wildman–Crippen MR) is 59.6 cm³/mol. The molecule has 90 valence electrons. The van der Waals surface area contributed by atoms with Crippen LogP contribution in [0, 0.1) is 5.92 Å². The van der Waals surface area contributed by atoms with Crippen molar-refractivity contribution in [2.45, 2.75) is 45.7 Å². The van der Waals surface area contributed by atoms with Gasteiger partial charge in [-0.1, -0.05) is 6.92 Å². The Morgan fingerprint density at radius 2 is 1.93 bits per heavy atom. The normalized spacial score (nSPS) is 16.9. The fourth-order valence-electron chi connectivity index (χ4n) is 1.66. The highest BCUT2D eigenvalue weighted by molar-refractivity contribution is 5.71. The van der Waals surface area contributed by atoms with Crippen molar-refractivity contribution < 1.29 is 14.6 Å². The first-order valence-corrected chi connectivity index (χ1v) is 5.46. The van der Waals surface area contributed by atoms with Gasteiger partial charge in [0.2, 0.25) is 0 Å². The molecule has 0 aliphatic heterocycles. The highest BCUT2D eigenvalue weighted by Crippen LogP contribution is 2.08. The molecule has 0 saturated carbocycles. The Morgan fingerprint density at radius 1 is 1.33 bits per heavy atom. The Morgan fingerprint density at radius 3 is 2.40 bits per heavy atom. The van der Waals surface area contributed by atoms with E-state index >= 15 is 0 Å². The average molecular weight is 217 g/mol. The molecule has 3 atom stereocenters. The Kier molecular flexibility index (Phi) is 7.34. The van der Waals surface area contributed by atoms with E-state index in [1.165, 1.54) is 7.11 Å². The maximum absolute atomic E-state index is 11.2. The van der Waals surface area contributed by atoms with Crippen LogP contribution in [0.2, 0.25) is 0 Å². The van der Waals surface area contributed by atoms with Crippen LogP contribution in [0.4, 0.5) is 0 Å². The van der Waals surface area contributed by atoms with Crippen molar-refractivity contribution in [3.05, 3.63) is 0 Å². The number of carbonyl (C=O) groups excluding carboxylic acids is 1. The van der Waals surface area contributed by atoms with Gasteiger partial charge in [-0.05, 0) is 26.7 Å². The van der Waals surface area contributed by atoms with Crippen LogP contribution in [0.5, 0.6) is 0 Å². The Labute approximate surface area is 92.0 Å². The van der Waals surface area contributed by atoms with Crippen LogP contribution in [0.25, 0.3) is 0 Å². The van der Waals surface area contributed by atoms with Crippen LogP contribution in [-0.2, 0) is 9.53 Å². The van der Waals surface area contributed by atoms with Gasteiger partial charge in [0.25, 0.3) is 0 Å². The Bertz CT molecular complexity index is 185. The highest BCUT2D eigenvalue weighted by atomic mass is 16.5. The fraction of sp³-hybridized carbons (Fsp3) is 0.909. The lowest BCUT2D eigenvalue weighted by Gasteiger charge is -2.21. The summed E-state index contributed by atoms with van der Waals surface area (Å²) in [7, 11) is 1.41. The number of esters is 1. The highest BCUT2D eigenvalue weighted by Gasteiger charge is 2.17. The molecule has 0 radical (unpaired) electrons. The van der Waals surface area contributed by atoms with Gasteiger partial charge in [0, 0.05) is 18.7 Å². The summed E-state index contributed by atoms with van der Waals surface area (Å²) in [4.78, 5) is 11.2. The zero-order chi connectivity index (χ0) is 11.8. The molecule has 0 fully saturated rings. The molecule has 3 unspecified atom stereocenters. The average Bonchev–Trinajstić information content (AvgIpc) is 2.16. The Balaban J connectivity index is 3.81. The maximum Gasteiger partial charge on any atom is 0.308 e. The molecule has 0 aliphatic rings. The van der Waals surface area contributed by atoms with E-state index < -0.39 is 0 Å². The zero-order valence-corrected chi connectivity index (χ0v) is 10.1. The molecule has 0 heterocycles. The molecule has 0 saturated heterocycles. The molecule has 4 heteroatoms. The standard InChI is InChI=1S/C11H23NO3/c1-8(11(14)15-4)7-10(3)12-9(2)5-6-13/h8-10,12-13H,5-7H2,1-4H3. The van der Waals surface area contributed by atoms with Crippen molar-refractivity contribution in [3.63, 3.8) is 0 Å². The molecule has 0 aliphatic carbocycles. The number of carbonyl (C=O) groups is 1. The molecular weight excluding hydrogens is 194 g/mol. The minimum Gasteiger partial charge on any atom is -0.469 e. The minimum absolute atomic E-state index is 0.0844. The minimum atomic E-state index is -0.168. The summed E-state index contributed by atoms with van der Waals surface area (Å²) in [5.74, 6) is -0.253. The van der Waals surface area contributed by atoms with E-state index in [9.17, 15) is 4.79 Å². The second kappa shape index (κ2) is 7.65. The topological polar surface area (TPSA) is 58.6 Å². The van der Waals surface area contributed by atoms with E-state index in [0.717, 1.165) is 12.8 Å². The number of hydrogen-bond acceptors (Lipinski definition) is 4. The summed E-state index contributed by atoms with van der Waals surface area (Å²) in [6, 6.07) is 0.524. The van der Waals surface area contributed by atoms with E-state index in [0.29, 0.717) is 0 Å². The quantitative estimate of drug-likeness (QED) is 0.623. The van der Waals surface area contributed by atoms with Crippen molar-refractivity contribution in [1.82, 2.24) is 5.32 Å². The van der Waals surface area contributed by atoms with Crippen LogP contribution < -0.4 is 5.32 Å². The lowest BCUT2D eigenvalue weighted by molar-refractivity contribution is -0.145. The smallest absolute Gasteiger partial charge is 0.308 e. The molecule has 0 aromatic carbocycles. The molecule has 0 rings (SSSR count). The number of rotatable bonds is 7. The van der Waals surface area contributed by atoms with Crippen molar-refractivity contribution in [2.75, 3.05) is 13.7 Å². The van der Waals surface area contributed by atoms with Gasteiger partial charge in [0.15, 0.2) is 0 Å². The maximum atomic E-state index is 11.2. The summed E-state index contributed by atoms with van der Waals surface area (Å²) >= 11 is 0. The third-order valence-electron chi connectivity index (χ3n) is 2.44. The van der Waals surface area contributed by atoms with Crippen LogP contribution in [0.3, 0.4) is 0 Å². The number of methoxy groups -OCH3 is 1. The Hall–Kier alpha value is -0.610. The lowest BCUT2D eigenvalue weighted by atomic mass is 10.0. The van der Waals surface area contributed by atoms with E-state index in [1.807, 2.05) is 20.8 Å². The zero-order valence-electron chi connectivity index (χ0n) is 10.1. The van der Waals surface area contributed by atoms with Gasteiger partial charge in [-0.15, -0.1) is 0 Å². The third kappa shape index (κ3) is 6.47. The van der Waals surface area contributed by atoms with Gasteiger partial charge >= 0.3 is 5.97 Å². The van der Waals surface area contributed by atoms with Gasteiger partial charge in [-0.25, -0.2) is 0 Å². The van der Waals surface area contributed by atoms with Gasteiger partial charge in [-0.3, -0.25) is 4.79 Å². The van der Waals surface area contributed by atoms with Crippen LogP contribution in [0.15, 0.2) is 0 Å². The third-order valence-corrected chi connectivity index (χ3v) is 2.44. The second-order valence-electron chi connectivity index (χ2n) is 4.14.